The molecule has 3 aromatic carbocycles. The second-order valence-corrected chi connectivity index (χ2v) is 11.4. The van der Waals surface area contributed by atoms with E-state index in [0.29, 0.717) is 18.8 Å². The van der Waals surface area contributed by atoms with Gasteiger partial charge in [-0.3, -0.25) is 14.5 Å². The van der Waals surface area contributed by atoms with Crippen molar-refractivity contribution < 1.29 is 19.1 Å². The van der Waals surface area contributed by atoms with Crippen molar-refractivity contribution in [3.63, 3.8) is 0 Å². The monoisotopic (exact) mass is 558 g/mol. The molecule has 0 spiro atoms. The van der Waals surface area contributed by atoms with Crippen LogP contribution in [0.1, 0.15) is 19.4 Å². The van der Waals surface area contributed by atoms with E-state index in [-0.39, 0.29) is 18.6 Å². The van der Waals surface area contributed by atoms with Crippen molar-refractivity contribution in [1.29, 1.82) is 0 Å². The molecule has 4 aromatic rings. The highest BCUT2D eigenvalue weighted by molar-refractivity contribution is 7.99. The Hall–Kier alpha value is -3.69. The summed E-state index contributed by atoms with van der Waals surface area (Å²) in [5.41, 5.74) is 3.60. The van der Waals surface area contributed by atoms with Crippen molar-refractivity contribution in [2.24, 2.45) is 0 Å². The van der Waals surface area contributed by atoms with E-state index in [0.717, 1.165) is 48.1 Å². The summed E-state index contributed by atoms with van der Waals surface area (Å²) in [6.07, 6.45) is 0. The summed E-state index contributed by atoms with van der Waals surface area (Å²) in [7, 11) is 0. The van der Waals surface area contributed by atoms with Crippen LogP contribution in [0, 0.1) is 0 Å². The quantitative estimate of drug-likeness (QED) is 0.322. The Morgan fingerprint density at radius 3 is 2.50 bits per heavy atom. The third-order valence-electron chi connectivity index (χ3n) is 7.68. The van der Waals surface area contributed by atoms with Crippen LogP contribution in [-0.4, -0.2) is 70.9 Å². The molecule has 1 atom stereocenters. The molecule has 2 aliphatic heterocycles. The number of aromatic nitrogens is 1. The molecule has 1 aromatic heterocycles. The summed E-state index contributed by atoms with van der Waals surface area (Å²) < 4.78 is 13.2. The maximum Gasteiger partial charge on any atom is 0.246 e. The third kappa shape index (κ3) is 5.36. The first-order valence-electron chi connectivity index (χ1n) is 13.8. The van der Waals surface area contributed by atoms with Gasteiger partial charge in [-0.15, -0.1) is 11.8 Å². The van der Waals surface area contributed by atoms with Crippen LogP contribution in [0.3, 0.4) is 0 Å². The topological polar surface area (TPSA) is 76.0 Å². The van der Waals surface area contributed by atoms with Crippen molar-refractivity contribution in [3.05, 3.63) is 66.2 Å². The molecule has 3 heterocycles. The Bertz CT molecular complexity index is 1560. The summed E-state index contributed by atoms with van der Waals surface area (Å²) in [6.45, 7) is 8.41. The van der Waals surface area contributed by atoms with E-state index in [1.54, 1.807) is 11.8 Å². The van der Waals surface area contributed by atoms with E-state index in [9.17, 15) is 9.59 Å². The minimum atomic E-state index is -0.574. The molecule has 0 bridgehead atoms. The molecule has 2 amide bonds. The number of nitrogens with zero attached hydrogens (tertiary/aromatic N) is 3. The Balaban J connectivity index is 1.10. The summed E-state index contributed by atoms with van der Waals surface area (Å²) in [5.74, 6) is 1.84. The van der Waals surface area contributed by atoms with Crippen LogP contribution in [0.25, 0.3) is 21.8 Å². The number of ether oxygens (including phenoxy) is 2. The van der Waals surface area contributed by atoms with Gasteiger partial charge in [-0.1, -0.05) is 24.3 Å². The summed E-state index contributed by atoms with van der Waals surface area (Å²) in [5, 5.41) is 5.35. The Morgan fingerprint density at radius 2 is 1.70 bits per heavy atom. The first-order valence-corrected chi connectivity index (χ1v) is 14.8. The Labute approximate surface area is 238 Å². The van der Waals surface area contributed by atoms with E-state index < -0.39 is 6.04 Å². The van der Waals surface area contributed by atoms with E-state index in [4.69, 9.17) is 9.47 Å². The van der Waals surface area contributed by atoms with Crippen LogP contribution in [0.5, 0.6) is 11.5 Å². The van der Waals surface area contributed by atoms with Gasteiger partial charge in [-0.2, -0.15) is 0 Å². The van der Waals surface area contributed by atoms with Gasteiger partial charge in [0, 0.05) is 78.6 Å². The molecule has 0 radical (unpaired) electrons. The van der Waals surface area contributed by atoms with Gasteiger partial charge in [-0.05, 0) is 48.9 Å². The van der Waals surface area contributed by atoms with Crippen LogP contribution in [0.15, 0.2) is 65.6 Å². The number of fused-ring (bicyclic) bond motifs is 4. The lowest BCUT2D eigenvalue weighted by Gasteiger charge is -2.36. The molecule has 8 nitrogen and oxygen atoms in total. The normalized spacial score (nSPS) is 16.0. The molecular formula is C31H34N4O4S. The largest absolute Gasteiger partial charge is 0.454 e. The number of piperazine rings is 1. The minimum absolute atomic E-state index is 0.0194. The maximum atomic E-state index is 13.5. The van der Waals surface area contributed by atoms with Crippen LogP contribution in [0.2, 0.25) is 0 Å². The Kier molecular flexibility index (Phi) is 7.58. The van der Waals surface area contributed by atoms with Crippen LogP contribution in [0.4, 0.5) is 0 Å². The third-order valence-corrected chi connectivity index (χ3v) is 8.77. The van der Waals surface area contributed by atoms with Gasteiger partial charge in [0.2, 0.25) is 18.6 Å². The van der Waals surface area contributed by atoms with Crippen molar-refractivity contribution in [2.45, 2.75) is 37.9 Å². The van der Waals surface area contributed by atoms with Crippen LogP contribution < -0.4 is 14.8 Å². The summed E-state index contributed by atoms with van der Waals surface area (Å²) in [6, 6.07) is 20.4. The highest BCUT2D eigenvalue weighted by Gasteiger charge is 2.28. The molecular weight excluding hydrogens is 524 g/mol. The lowest BCUT2D eigenvalue weighted by atomic mass is 10.1. The molecule has 6 rings (SSSR count). The minimum Gasteiger partial charge on any atom is -0.454 e. The van der Waals surface area contributed by atoms with Gasteiger partial charge in [0.15, 0.2) is 11.5 Å². The number of benzene rings is 3. The first-order chi connectivity index (χ1) is 19.5. The number of carbonyl (C=O) groups is 2. The van der Waals surface area contributed by atoms with E-state index in [1.165, 1.54) is 28.7 Å². The molecule has 0 saturated carbocycles. The van der Waals surface area contributed by atoms with Crippen molar-refractivity contribution in [2.75, 3.05) is 38.7 Å². The molecule has 1 N–H and O–H groups in total. The second-order valence-electron chi connectivity index (χ2n) is 10.3. The van der Waals surface area contributed by atoms with Gasteiger partial charge in [0.1, 0.15) is 6.04 Å². The van der Waals surface area contributed by atoms with Crippen molar-refractivity contribution >= 4 is 45.4 Å². The summed E-state index contributed by atoms with van der Waals surface area (Å²) in [4.78, 5) is 30.9. The van der Waals surface area contributed by atoms with Crippen LogP contribution >= 0.6 is 11.8 Å². The number of aryl methyl sites for hydroxylation is 1. The molecule has 1 saturated heterocycles. The second kappa shape index (κ2) is 11.4. The molecule has 40 heavy (non-hydrogen) atoms. The fourth-order valence-electron chi connectivity index (χ4n) is 5.71. The molecule has 1 fully saturated rings. The number of hydrogen-bond acceptors (Lipinski definition) is 6. The van der Waals surface area contributed by atoms with Gasteiger partial charge in [0.25, 0.3) is 0 Å². The first kappa shape index (κ1) is 26.5. The van der Waals surface area contributed by atoms with Gasteiger partial charge < -0.3 is 24.3 Å². The van der Waals surface area contributed by atoms with Gasteiger partial charge in [0.05, 0.1) is 0 Å². The lowest BCUT2D eigenvalue weighted by Crippen LogP contribution is -2.55. The Morgan fingerprint density at radius 1 is 0.925 bits per heavy atom. The number of thioether (sulfide) groups is 1. The molecule has 208 valence electrons. The highest BCUT2D eigenvalue weighted by Crippen LogP contribution is 2.34. The number of nitrogens with one attached hydrogen (secondary N) is 1. The molecule has 2 aliphatic rings. The van der Waals surface area contributed by atoms with Crippen molar-refractivity contribution in [3.8, 4) is 11.5 Å². The standard InChI is InChI=1S/C31H34N4O4S/c1-3-35-27-7-5-4-6-24(27)25-17-23(9-10-28(25)35)40-19-26(32-21(2)36)31(37)34-14-12-33(13-15-34)18-22-8-11-29-30(16-22)39-20-38-29/h4-11,16-17,26H,3,12-15,18-20H2,1-2H3,(H,32,36). The zero-order valence-electron chi connectivity index (χ0n) is 22.9. The van der Waals surface area contributed by atoms with E-state index in [1.807, 2.05) is 17.0 Å². The predicted molar refractivity (Wildman–Crippen MR) is 158 cm³/mol. The summed E-state index contributed by atoms with van der Waals surface area (Å²) >= 11 is 1.61. The smallest absolute Gasteiger partial charge is 0.246 e. The average molecular weight is 559 g/mol. The number of hydrogen-bond donors (Lipinski definition) is 1. The van der Waals surface area contributed by atoms with Gasteiger partial charge in [-0.25, -0.2) is 0 Å². The van der Waals surface area contributed by atoms with E-state index in [2.05, 4.69) is 70.2 Å². The van der Waals surface area contributed by atoms with Gasteiger partial charge >= 0.3 is 0 Å². The zero-order chi connectivity index (χ0) is 27.6. The predicted octanol–water partition coefficient (Wildman–Crippen LogP) is 4.48. The average Bonchev–Trinajstić information content (AvgIpc) is 3.57. The fourth-order valence-corrected chi connectivity index (χ4v) is 6.66. The van der Waals surface area contributed by atoms with E-state index >= 15 is 0 Å². The lowest BCUT2D eigenvalue weighted by molar-refractivity contribution is -0.137. The number of rotatable bonds is 8. The molecule has 0 aliphatic carbocycles. The number of amides is 2. The molecule has 9 heteroatoms. The number of para-hydroxylation sites is 1. The SMILES string of the molecule is CCn1c2ccccc2c2cc(SCC(NC(C)=O)C(=O)N3CCN(Cc4ccc5c(c4)OCO5)CC3)ccc21. The zero-order valence-corrected chi connectivity index (χ0v) is 23.7. The van der Waals surface area contributed by atoms with Crippen molar-refractivity contribution in [1.82, 2.24) is 19.7 Å². The fraction of sp³-hybridized carbons (Fsp3) is 0.355. The highest BCUT2D eigenvalue weighted by atomic mass is 32.2. The van der Waals surface area contributed by atoms with Crippen LogP contribution in [-0.2, 0) is 22.7 Å². The number of carbonyl (C=O) groups excluding carboxylic acids is 2. The maximum absolute atomic E-state index is 13.5. The molecule has 1 unspecified atom stereocenters.